The van der Waals surface area contributed by atoms with Crippen LogP contribution in [-0.4, -0.2) is 24.0 Å². The molecule has 0 radical (unpaired) electrons. The van der Waals surface area contributed by atoms with Crippen molar-refractivity contribution in [3.63, 3.8) is 0 Å². The number of hydrogen-bond acceptors (Lipinski definition) is 4. The molecule has 0 fully saturated rings. The van der Waals surface area contributed by atoms with Crippen molar-refractivity contribution in [3.05, 3.63) is 70.6 Å². The molecule has 0 aliphatic heterocycles. The fraction of sp³-hybridized carbons (Fsp3) is 0.105. The smallest absolute Gasteiger partial charge is 0.196 e. The molecule has 0 unspecified atom stereocenters. The summed E-state index contributed by atoms with van der Waals surface area (Å²) in [6.07, 6.45) is 4.07. The second kappa shape index (κ2) is 6.10. The summed E-state index contributed by atoms with van der Waals surface area (Å²) in [5, 5.41) is 10.9. The fourth-order valence-electron chi connectivity index (χ4n) is 3.19. The molecule has 0 aliphatic carbocycles. The van der Waals surface area contributed by atoms with Gasteiger partial charge in [-0.25, -0.2) is 4.98 Å². The molecular formula is C19H14BrN5S. The van der Waals surface area contributed by atoms with Gasteiger partial charge in [0.1, 0.15) is 5.65 Å². The maximum absolute atomic E-state index is 4.67. The van der Waals surface area contributed by atoms with E-state index in [9.17, 15) is 0 Å². The Kier molecular flexibility index (Phi) is 3.72. The summed E-state index contributed by atoms with van der Waals surface area (Å²) in [5.41, 5.74) is 5.18. The Labute approximate surface area is 162 Å². The van der Waals surface area contributed by atoms with Crippen LogP contribution in [0.1, 0.15) is 11.3 Å². The van der Waals surface area contributed by atoms with Crippen LogP contribution in [0.15, 0.2) is 64.5 Å². The molecule has 7 heteroatoms. The number of aryl methyl sites for hydroxylation is 1. The molecule has 0 bridgehead atoms. The minimum absolute atomic E-state index is 0.738. The third-order valence-electron chi connectivity index (χ3n) is 4.39. The molecule has 0 saturated carbocycles. The first-order valence-corrected chi connectivity index (χ1v) is 9.96. The quantitative estimate of drug-likeness (QED) is 0.387. The lowest BCUT2D eigenvalue weighted by Crippen LogP contribution is -1.93. The number of rotatable bonds is 3. The average Bonchev–Trinajstić information content (AvgIpc) is 3.23. The van der Waals surface area contributed by atoms with Gasteiger partial charge in [-0.15, -0.1) is 10.2 Å². The molecule has 0 saturated heterocycles. The lowest BCUT2D eigenvalue weighted by atomic mass is 10.1. The van der Waals surface area contributed by atoms with Gasteiger partial charge in [0, 0.05) is 28.0 Å². The minimum Gasteiger partial charge on any atom is -0.306 e. The van der Waals surface area contributed by atoms with Gasteiger partial charge in [0.15, 0.2) is 10.8 Å². The number of imidazole rings is 1. The van der Waals surface area contributed by atoms with Gasteiger partial charge in [0.2, 0.25) is 0 Å². The van der Waals surface area contributed by atoms with Gasteiger partial charge in [-0.1, -0.05) is 30.0 Å². The number of hydrogen-bond donors (Lipinski definition) is 0. The minimum atomic E-state index is 0.738. The van der Waals surface area contributed by atoms with Gasteiger partial charge in [-0.2, -0.15) is 0 Å². The Morgan fingerprint density at radius 2 is 1.92 bits per heavy atom. The Bertz CT molecular complexity index is 1270. The zero-order valence-electron chi connectivity index (χ0n) is 13.9. The van der Waals surface area contributed by atoms with Crippen LogP contribution < -0.4 is 0 Å². The Morgan fingerprint density at radius 1 is 1.04 bits per heavy atom. The number of fused-ring (bicyclic) bond motifs is 4. The number of para-hydroxylation sites is 1. The van der Waals surface area contributed by atoms with E-state index in [-0.39, 0.29) is 0 Å². The largest absolute Gasteiger partial charge is 0.306 e. The van der Waals surface area contributed by atoms with Gasteiger partial charge >= 0.3 is 0 Å². The summed E-state index contributed by atoms with van der Waals surface area (Å²) >= 11 is 5.14. The predicted octanol–water partition coefficient (Wildman–Crippen LogP) is 4.89. The second-order valence-electron chi connectivity index (χ2n) is 6.15. The average molecular weight is 424 g/mol. The van der Waals surface area contributed by atoms with E-state index in [1.807, 2.05) is 22.7 Å². The molecule has 5 rings (SSSR count). The van der Waals surface area contributed by atoms with Crippen LogP contribution in [0.4, 0.5) is 0 Å². The van der Waals surface area contributed by atoms with E-state index in [1.54, 1.807) is 11.8 Å². The van der Waals surface area contributed by atoms with E-state index in [0.717, 1.165) is 37.9 Å². The number of pyridine rings is 2. The van der Waals surface area contributed by atoms with Crippen molar-refractivity contribution >= 4 is 49.9 Å². The number of halogens is 1. The van der Waals surface area contributed by atoms with Crippen molar-refractivity contribution in [3.8, 4) is 0 Å². The van der Waals surface area contributed by atoms with Crippen molar-refractivity contribution in [1.82, 2.24) is 24.0 Å². The summed E-state index contributed by atoms with van der Waals surface area (Å²) in [6.45, 7) is 2.11. The number of nitrogens with zero attached hydrogens (tertiary/aromatic N) is 5. The van der Waals surface area contributed by atoms with E-state index in [0.29, 0.717) is 0 Å². The number of benzene rings is 1. The molecule has 1 aromatic carbocycles. The maximum atomic E-state index is 4.67. The number of aromatic nitrogens is 5. The van der Waals surface area contributed by atoms with Crippen molar-refractivity contribution in [2.24, 2.45) is 0 Å². The van der Waals surface area contributed by atoms with Crippen LogP contribution >= 0.6 is 27.7 Å². The molecule has 0 atom stereocenters. The van der Waals surface area contributed by atoms with Gasteiger partial charge < -0.3 is 4.40 Å². The van der Waals surface area contributed by atoms with E-state index < -0.39 is 0 Å². The third kappa shape index (κ3) is 2.59. The summed E-state index contributed by atoms with van der Waals surface area (Å²) < 4.78 is 5.19. The molecule has 128 valence electrons. The van der Waals surface area contributed by atoms with E-state index in [1.165, 1.54) is 10.9 Å². The molecule has 0 N–H and O–H groups in total. The van der Waals surface area contributed by atoms with Crippen LogP contribution in [0.25, 0.3) is 22.2 Å². The molecule has 0 aliphatic rings. The highest BCUT2D eigenvalue weighted by atomic mass is 79.9. The Balaban J connectivity index is 1.54. The topological polar surface area (TPSA) is 47.5 Å². The van der Waals surface area contributed by atoms with E-state index in [2.05, 4.69) is 79.0 Å². The van der Waals surface area contributed by atoms with Gasteiger partial charge in [0.25, 0.3) is 0 Å². The van der Waals surface area contributed by atoms with Crippen molar-refractivity contribution in [2.75, 3.05) is 0 Å². The highest BCUT2D eigenvalue weighted by Crippen LogP contribution is 2.27. The zero-order valence-corrected chi connectivity index (χ0v) is 16.3. The highest BCUT2D eigenvalue weighted by Gasteiger charge is 2.12. The SMILES string of the molecule is Cc1cc2nnc(SCc3cn4cc(Br)ccc4n3)n2c2ccccc12. The van der Waals surface area contributed by atoms with Crippen LogP contribution in [0.3, 0.4) is 0 Å². The summed E-state index contributed by atoms with van der Waals surface area (Å²) in [4.78, 5) is 4.67. The molecular weight excluding hydrogens is 410 g/mol. The monoisotopic (exact) mass is 423 g/mol. The predicted molar refractivity (Wildman–Crippen MR) is 108 cm³/mol. The molecule has 5 nitrogen and oxygen atoms in total. The first-order chi connectivity index (χ1) is 12.7. The molecule has 26 heavy (non-hydrogen) atoms. The van der Waals surface area contributed by atoms with Gasteiger partial charge in [0.05, 0.1) is 11.2 Å². The molecule has 0 spiro atoms. The highest BCUT2D eigenvalue weighted by molar-refractivity contribution is 9.10. The Morgan fingerprint density at radius 3 is 2.85 bits per heavy atom. The second-order valence-corrected chi connectivity index (χ2v) is 8.01. The first kappa shape index (κ1) is 15.8. The summed E-state index contributed by atoms with van der Waals surface area (Å²) in [7, 11) is 0. The molecule has 0 amide bonds. The number of thioether (sulfide) groups is 1. The third-order valence-corrected chi connectivity index (χ3v) is 5.82. The lowest BCUT2D eigenvalue weighted by molar-refractivity contribution is 0.939. The summed E-state index contributed by atoms with van der Waals surface area (Å²) in [6, 6.07) is 14.5. The molecule has 5 aromatic rings. The van der Waals surface area contributed by atoms with Crippen LogP contribution in [0, 0.1) is 6.92 Å². The molecule has 4 aromatic heterocycles. The van der Waals surface area contributed by atoms with Gasteiger partial charge in [-0.3, -0.25) is 4.40 Å². The lowest BCUT2D eigenvalue weighted by Gasteiger charge is -2.06. The zero-order chi connectivity index (χ0) is 17.7. The van der Waals surface area contributed by atoms with Crippen molar-refractivity contribution < 1.29 is 0 Å². The van der Waals surface area contributed by atoms with E-state index in [4.69, 9.17) is 0 Å². The fourth-order valence-corrected chi connectivity index (χ4v) is 4.38. The van der Waals surface area contributed by atoms with E-state index >= 15 is 0 Å². The normalized spacial score (nSPS) is 11.8. The van der Waals surface area contributed by atoms with Crippen LogP contribution in [0.5, 0.6) is 0 Å². The van der Waals surface area contributed by atoms with Crippen LogP contribution in [0.2, 0.25) is 0 Å². The standard InChI is InChI=1S/C19H14BrN5S/c1-12-8-18-22-23-19(25(18)16-5-3-2-4-15(12)16)26-11-14-10-24-9-13(20)6-7-17(24)21-14/h2-10H,11H2,1H3. The summed E-state index contributed by atoms with van der Waals surface area (Å²) in [5.74, 6) is 0.738. The first-order valence-electron chi connectivity index (χ1n) is 8.18. The van der Waals surface area contributed by atoms with Gasteiger partial charge in [-0.05, 0) is 52.7 Å². The molecule has 4 heterocycles. The van der Waals surface area contributed by atoms with Crippen molar-refractivity contribution in [2.45, 2.75) is 17.8 Å². The van der Waals surface area contributed by atoms with Crippen molar-refractivity contribution in [1.29, 1.82) is 0 Å². The Hall–Kier alpha value is -2.38. The van der Waals surface area contributed by atoms with Crippen LogP contribution in [-0.2, 0) is 5.75 Å². The maximum Gasteiger partial charge on any atom is 0.196 e.